The minimum absolute atomic E-state index is 0. The smallest absolute Gasteiger partial charge is 0.119 e. The summed E-state index contributed by atoms with van der Waals surface area (Å²) in [4.78, 5) is 2.10. The van der Waals surface area contributed by atoms with Crippen LogP contribution in [-0.2, 0) is 5.60 Å². The molecule has 0 spiro atoms. The Kier molecular flexibility index (Phi) is 7.42. The van der Waals surface area contributed by atoms with E-state index in [1.54, 1.807) is 7.11 Å². The van der Waals surface area contributed by atoms with E-state index < -0.39 is 5.60 Å². The van der Waals surface area contributed by atoms with Gasteiger partial charge in [0, 0.05) is 12.5 Å². The van der Waals surface area contributed by atoms with Crippen LogP contribution in [0.4, 0.5) is 0 Å². The predicted octanol–water partition coefficient (Wildman–Crippen LogP) is 2.91. The molecule has 0 aliphatic rings. The zero-order chi connectivity index (χ0) is 13.8. The molecule has 0 amide bonds. The van der Waals surface area contributed by atoms with E-state index in [2.05, 4.69) is 11.8 Å². The molecule has 19 heavy (non-hydrogen) atoms. The minimum Gasteiger partial charge on any atom is -0.497 e. The van der Waals surface area contributed by atoms with Crippen molar-refractivity contribution in [3.63, 3.8) is 0 Å². The molecule has 0 radical (unpaired) electrons. The number of nitrogens with zero attached hydrogens (tertiary/aromatic N) is 1. The van der Waals surface area contributed by atoms with E-state index in [0.717, 1.165) is 17.9 Å². The SMILES string of the molecule is CCC(O)(c1cccc(OC)c1)[C@@H](C)CN(C)C.Cl. The molecule has 0 heterocycles. The zero-order valence-electron chi connectivity index (χ0n) is 12.5. The highest BCUT2D eigenvalue weighted by atomic mass is 35.5. The monoisotopic (exact) mass is 287 g/mol. The van der Waals surface area contributed by atoms with Gasteiger partial charge in [-0.2, -0.15) is 0 Å². The summed E-state index contributed by atoms with van der Waals surface area (Å²) in [6.45, 7) is 4.95. The Labute approximate surface area is 123 Å². The molecule has 110 valence electrons. The fourth-order valence-corrected chi connectivity index (χ4v) is 2.43. The molecule has 0 bridgehead atoms. The first-order chi connectivity index (χ1) is 8.43. The first-order valence-electron chi connectivity index (χ1n) is 6.45. The average Bonchev–Trinajstić information content (AvgIpc) is 2.37. The van der Waals surface area contributed by atoms with Crippen LogP contribution < -0.4 is 4.74 Å². The first-order valence-corrected chi connectivity index (χ1v) is 6.45. The van der Waals surface area contributed by atoms with Crippen LogP contribution in [0.5, 0.6) is 5.75 Å². The third-order valence-corrected chi connectivity index (χ3v) is 3.56. The van der Waals surface area contributed by atoms with Gasteiger partial charge in [0.2, 0.25) is 0 Å². The van der Waals surface area contributed by atoms with Crippen molar-refractivity contribution in [2.24, 2.45) is 5.92 Å². The number of rotatable bonds is 6. The third-order valence-electron chi connectivity index (χ3n) is 3.56. The molecule has 1 N–H and O–H groups in total. The number of ether oxygens (including phenoxy) is 1. The van der Waals surface area contributed by atoms with Gasteiger partial charge in [-0.15, -0.1) is 12.4 Å². The van der Waals surface area contributed by atoms with E-state index in [1.165, 1.54) is 0 Å². The Hall–Kier alpha value is -0.770. The largest absolute Gasteiger partial charge is 0.497 e. The van der Waals surface area contributed by atoms with Crippen molar-refractivity contribution in [3.8, 4) is 5.75 Å². The second kappa shape index (κ2) is 7.73. The van der Waals surface area contributed by atoms with E-state index in [0.29, 0.717) is 6.42 Å². The van der Waals surface area contributed by atoms with Gasteiger partial charge in [-0.05, 0) is 38.2 Å². The van der Waals surface area contributed by atoms with Crippen LogP contribution in [0.1, 0.15) is 25.8 Å². The van der Waals surface area contributed by atoms with Crippen LogP contribution in [0, 0.1) is 5.92 Å². The molecule has 2 atom stereocenters. The first kappa shape index (κ1) is 18.2. The lowest BCUT2D eigenvalue weighted by Crippen LogP contribution is -2.38. The standard InChI is InChI=1S/C15H25NO2.ClH/c1-6-15(17,12(2)11-16(3)4)13-8-7-9-14(10-13)18-5;/h7-10,12,17H,6,11H2,1-5H3;1H/t12-,15?;/m0./s1. The minimum atomic E-state index is -0.807. The summed E-state index contributed by atoms with van der Waals surface area (Å²) in [6.07, 6.45) is 0.690. The van der Waals surface area contributed by atoms with Crippen molar-refractivity contribution in [3.05, 3.63) is 29.8 Å². The van der Waals surface area contributed by atoms with Crippen LogP contribution in [0.25, 0.3) is 0 Å². The summed E-state index contributed by atoms with van der Waals surface area (Å²) in [5, 5.41) is 10.9. The lowest BCUT2D eigenvalue weighted by molar-refractivity contribution is -0.0293. The Morgan fingerprint density at radius 2 is 2.00 bits per heavy atom. The molecule has 0 fully saturated rings. The van der Waals surface area contributed by atoms with Crippen molar-refractivity contribution in [2.45, 2.75) is 25.9 Å². The summed E-state index contributed by atoms with van der Waals surface area (Å²) in [5.74, 6) is 0.945. The maximum absolute atomic E-state index is 10.9. The highest BCUT2D eigenvalue weighted by Crippen LogP contribution is 2.34. The van der Waals surface area contributed by atoms with E-state index in [1.807, 2.05) is 45.3 Å². The van der Waals surface area contributed by atoms with Gasteiger partial charge in [-0.25, -0.2) is 0 Å². The van der Waals surface area contributed by atoms with Crippen molar-refractivity contribution in [1.82, 2.24) is 4.90 Å². The summed E-state index contributed by atoms with van der Waals surface area (Å²) in [6, 6.07) is 7.72. The Balaban J connectivity index is 0.00000324. The number of halogens is 1. The van der Waals surface area contributed by atoms with E-state index in [9.17, 15) is 5.11 Å². The topological polar surface area (TPSA) is 32.7 Å². The van der Waals surface area contributed by atoms with Crippen LogP contribution >= 0.6 is 12.4 Å². The van der Waals surface area contributed by atoms with Crippen LogP contribution in [0.15, 0.2) is 24.3 Å². The average molecular weight is 288 g/mol. The predicted molar refractivity (Wildman–Crippen MR) is 82.1 cm³/mol. The number of benzene rings is 1. The molecule has 0 aromatic heterocycles. The molecule has 1 aromatic rings. The molecule has 0 saturated heterocycles. The molecule has 0 saturated carbocycles. The fourth-order valence-electron chi connectivity index (χ4n) is 2.43. The Bertz CT molecular complexity index is 384. The molecular weight excluding hydrogens is 262 g/mol. The Morgan fingerprint density at radius 3 is 2.47 bits per heavy atom. The second-order valence-electron chi connectivity index (χ2n) is 5.17. The van der Waals surface area contributed by atoms with Gasteiger partial charge < -0.3 is 14.7 Å². The molecule has 1 rings (SSSR count). The number of methoxy groups -OCH3 is 1. The lowest BCUT2D eigenvalue weighted by Gasteiger charge is -2.35. The molecule has 0 aliphatic heterocycles. The molecule has 1 unspecified atom stereocenters. The third kappa shape index (κ3) is 4.37. The normalized spacial score (nSPS) is 15.5. The number of aliphatic hydroxyl groups is 1. The highest BCUT2D eigenvalue weighted by Gasteiger charge is 2.34. The van der Waals surface area contributed by atoms with Gasteiger partial charge in [-0.3, -0.25) is 0 Å². The highest BCUT2D eigenvalue weighted by molar-refractivity contribution is 5.85. The molecule has 3 nitrogen and oxygen atoms in total. The zero-order valence-corrected chi connectivity index (χ0v) is 13.3. The molecule has 4 heteroatoms. The fraction of sp³-hybridized carbons (Fsp3) is 0.600. The summed E-state index contributed by atoms with van der Waals surface area (Å²) in [7, 11) is 5.70. The van der Waals surface area contributed by atoms with Crippen LogP contribution in [-0.4, -0.2) is 37.8 Å². The maximum atomic E-state index is 10.9. The van der Waals surface area contributed by atoms with Crippen molar-refractivity contribution >= 4 is 12.4 Å². The van der Waals surface area contributed by atoms with Gasteiger partial charge >= 0.3 is 0 Å². The van der Waals surface area contributed by atoms with Crippen molar-refractivity contribution < 1.29 is 9.84 Å². The summed E-state index contributed by atoms with van der Waals surface area (Å²) in [5.41, 5.74) is 0.123. The van der Waals surface area contributed by atoms with Crippen LogP contribution in [0.2, 0.25) is 0 Å². The second-order valence-corrected chi connectivity index (χ2v) is 5.17. The molecular formula is C15H26ClNO2. The van der Waals surface area contributed by atoms with Gasteiger partial charge in [0.05, 0.1) is 12.7 Å². The molecule has 0 aliphatic carbocycles. The summed E-state index contributed by atoms with van der Waals surface area (Å²) >= 11 is 0. The Morgan fingerprint density at radius 1 is 1.37 bits per heavy atom. The quantitative estimate of drug-likeness (QED) is 0.873. The van der Waals surface area contributed by atoms with Gasteiger partial charge in [0.1, 0.15) is 5.75 Å². The maximum Gasteiger partial charge on any atom is 0.119 e. The number of hydrogen-bond donors (Lipinski definition) is 1. The van der Waals surface area contributed by atoms with Gasteiger partial charge in [0.15, 0.2) is 0 Å². The van der Waals surface area contributed by atoms with Gasteiger partial charge in [0.25, 0.3) is 0 Å². The van der Waals surface area contributed by atoms with Crippen molar-refractivity contribution in [2.75, 3.05) is 27.7 Å². The molecule has 1 aromatic carbocycles. The van der Waals surface area contributed by atoms with Crippen molar-refractivity contribution in [1.29, 1.82) is 0 Å². The van der Waals surface area contributed by atoms with Gasteiger partial charge in [-0.1, -0.05) is 26.0 Å². The van der Waals surface area contributed by atoms with E-state index in [4.69, 9.17) is 4.74 Å². The van der Waals surface area contributed by atoms with E-state index in [-0.39, 0.29) is 18.3 Å². The lowest BCUT2D eigenvalue weighted by atomic mass is 9.80. The summed E-state index contributed by atoms with van der Waals surface area (Å²) < 4.78 is 5.23. The number of hydrogen-bond acceptors (Lipinski definition) is 3. The van der Waals surface area contributed by atoms with Crippen LogP contribution in [0.3, 0.4) is 0 Å². The van der Waals surface area contributed by atoms with E-state index >= 15 is 0 Å².